The second-order valence-electron chi connectivity index (χ2n) is 10.4. The van der Waals surface area contributed by atoms with Crippen molar-refractivity contribution in [1.82, 2.24) is 0 Å². The summed E-state index contributed by atoms with van der Waals surface area (Å²) in [6.45, 7) is 0. The molecular weight excluding hydrogens is 532 g/mol. The Hall–Kier alpha value is -6.02. The molecule has 42 heavy (non-hydrogen) atoms. The van der Waals surface area contributed by atoms with Crippen LogP contribution in [-0.2, 0) is 0 Å². The molecule has 8 heteroatoms. The fraction of sp³-hybridized carbons (Fsp3) is 0. The largest absolute Gasteiger partial charge is 0.289 e. The fourth-order valence-corrected chi connectivity index (χ4v) is 6.58. The van der Waals surface area contributed by atoms with Crippen LogP contribution in [0.4, 0.5) is 11.4 Å². The van der Waals surface area contributed by atoms with Gasteiger partial charge in [0.15, 0.2) is 11.6 Å². The predicted molar refractivity (Wildman–Crippen MR) is 158 cm³/mol. The summed E-state index contributed by atoms with van der Waals surface area (Å²) in [5.74, 6) is -0.536. The summed E-state index contributed by atoms with van der Waals surface area (Å²) in [6.07, 6.45) is 0. The number of hydrogen-bond donors (Lipinski definition) is 0. The smallest absolute Gasteiger partial charge is 0.277 e. The lowest BCUT2D eigenvalue weighted by Gasteiger charge is -2.22. The Kier molecular flexibility index (Phi) is 4.68. The second-order valence-corrected chi connectivity index (χ2v) is 10.4. The van der Waals surface area contributed by atoms with Crippen LogP contribution in [0.25, 0.3) is 54.9 Å². The van der Waals surface area contributed by atoms with Crippen molar-refractivity contribution in [1.29, 1.82) is 0 Å². The van der Waals surface area contributed by atoms with Gasteiger partial charge in [-0.2, -0.15) is 0 Å². The number of carbonyl (C=O) groups is 2. The first-order valence-electron chi connectivity index (χ1n) is 13.1. The zero-order chi connectivity index (χ0) is 28.9. The van der Waals surface area contributed by atoms with Crippen LogP contribution in [0.2, 0.25) is 0 Å². The van der Waals surface area contributed by atoms with Gasteiger partial charge in [0, 0.05) is 45.2 Å². The lowest BCUT2D eigenvalue weighted by molar-refractivity contribution is -0.384. The van der Waals surface area contributed by atoms with Gasteiger partial charge in [-0.05, 0) is 69.4 Å². The maximum Gasteiger partial charge on any atom is 0.277 e. The molecule has 0 aliphatic heterocycles. The molecule has 2 aliphatic carbocycles. The summed E-state index contributed by atoms with van der Waals surface area (Å²) in [5, 5.41) is 26.9. The van der Waals surface area contributed by atoms with Crippen LogP contribution >= 0.6 is 0 Å². The fourth-order valence-electron chi connectivity index (χ4n) is 6.58. The van der Waals surface area contributed by atoms with Gasteiger partial charge in [0.2, 0.25) is 0 Å². The molecule has 0 bridgehead atoms. The first-order valence-corrected chi connectivity index (χ1v) is 13.1. The maximum atomic E-state index is 13.4. The molecule has 8 nitrogen and oxygen atoms in total. The lowest BCUT2D eigenvalue weighted by Crippen LogP contribution is -2.12. The first-order chi connectivity index (χ1) is 20.3. The Morgan fingerprint density at radius 3 is 1.24 bits per heavy atom. The molecule has 0 unspecified atom stereocenters. The molecule has 8 rings (SSSR count). The third kappa shape index (κ3) is 3.06. The van der Waals surface area contributed by atoms with E-state index in [1.165, 1.54) is 24.3 Å². The van der Waals surface area contributed by atoms with E-state index in [0.29, 0.717) is 44.2 Å². The molecule has 0 aromatic heterocycles. The molecule has 198 valence electrons. The monoisotopic (exact) mass is 548 g/mol. The molecule has 6 aromatic rings. The second kappa shape index (κ2) is 8.25. The zero-order valence-electron chi connectivity index (χ0n) is 21.6. The van der Waals surface area contributed by atoms with E-state index in [2.05, 4.69) is 0 Å². The van der Waals surface area contributed by atoms with Gasteiger partial charge in [-0.3, -0.25) is 29.8 Å². The van der Waals surface area contributed by atoms with E-state index in [1.54, 1.807) is 36.4 Å². The number of hydrogen-bond acceptors (Lipinski definition) is 6. The number of nitro groups is 2. The topological polar surface area (TPSA) is 120 Å². The van der Waals surface area contributed by atoms with Crippen LogP contribution < -0.4 is 0 Å². The van der Waals surface area contributed by atoms with E-state index < -0.39 is 9.85 Å². The van der Waals surface area contributed by atoms with Crippen molar-refractivity contribution in [3.05, 3.63) is 140 Å². The quantitative estimate of drug-likeness (QED) is 0.163. The Morgan fingerprint density at radius 2 is 0.833 bits per heavy atom. The molecule has 0 saturated carbocycles. The van der Waals surface area contributed by atoms with Crippen LogP contribution in [0.1, 0.15) is 31.8 Å². The number of benzene rings is 6. The number of rotatable bonds is 3. The Balaban J connectivity index is 1.48. The average Bonchev–Trinajstić information content (AvgIpc) is 3.00. The SMILES string of the molecule is O=C1c2cccc([N+](=O)[O-])c2-c2cc(-c3cc4c5c(cccc5c3)C(=O)c3cccc([N+](=O)[O-])c3-4)cc3cccc1c23. The van der Waals surface area contributed by atoms with Crippen molar-refractivity contribution in [3.8, 4) is 33.4 Å². The number of ketones is 2. The van der Waals surface area contributed by atoms with Gasteiger partial charge >= 0.3 is 0 Å². The highest BCUT2D eigenvalue weighted by atomic mass is 16.6. The minimum Gasteiger partial charge on any atom is -0.289 e. The third-order valence-corrected chi connectivity index (χ3v) is 8.28. The standard InChI is InChI=1S/C34H16N2O6/c37-33-21-7-1-5-17-13-19(15-25(29(17)21)31-23(33)9-3-11-27(31)35(39)40)20-14-18-6-2-8-22-30(18)26(16-20)32-24(34(22)38)10-4-12-28(32)36(41)42/h1-16H. The molecule has 0 amide bonds. The van der Waals surface area contributed by atoms with Crippen LogP contribution in [-0.4, -0.2) is 21.4 Å². The average molecular weight is 549 g/mol. The Bertz CT molecular complexity index is 2140. The molecule has 0 atom stereocenters. The summed E-state index contributed by atoms with van der Waals surface area (Å²) in [4.78, 5) is 50.0. The number of carbonyl (C=O) groups excluding carboxylic acids is 2. The predicted octanol–water partition coefficient (Wildman–Crippen LogP) is 7.90. The summed E-state index contributed by atoms with van der Waals surface area (Å²) in [7, 11) is 0. The van der Waals surface area contributed by atoms with Gasteiger partial charge in [-0.1, -0.05) is 48.5 Å². The number of fused-ring (bicyclic) bond motifs is 4. The highest BCUT2D eigenvalue weighted by molar-refractivity contribution is 6.29. The van der Waals surface area contributed by atoms with Crippen molar-refractivity contribution in [2.45, 2.75) is 0 Å². The van der Waals surface area contributed by atoms with Gasteiger partial charge in [-0.25, -0.2) is 0 Å². The van der Waals surface area contributed by atoms with E-state index in [-0.39, 0.29) is 45.2 Å². The van der Waals surface area contributed by atoms with Crippen molar-refractivity contribution in [2.24, 2.45) is 0 Å². The van der Waals surface area contributed by atoms with Gasteiger partial charge in [0.05, 0.1) is 21.0 Å². The molecular formula is C34H16N2O6. The lowest BCUT2D eigenvalue weighted by atomic mass is 9.79. The Labute approximate surface area is 236 Å². The van der Waals surface area contributed by atoms with Gasteiger partial charge in [0.25, 0.3) is 11.4 Å². The molecule has 0 N–H and O–H groups in total. The molecule has 0 radical (unpaired) electrons. The van der Waals surface area contributed by atoms with E-state index in [1.807, 2.05) is 36.4 Å². The van der Waals surface area contributed by atoms with E-state index in [0.717, 1.165) is 10.8 Å². The molecule has 6 aromatic carbocycles. The van der Waals surface area contributed by atoms with E-state index in [9.17, 15) is 29.8 Å². The van der Waals surface area contributed by atoms with Crippen molar-refractivity contribution < 1.29 is 19.4 Å². The van der Waals surface area contributed by atoms with Crippen molar-refractivity contribution in [3.63, 3.8) is 0 Å². The molecule has 0 spiro atoms. The van der Waals surface area contributed by atoms with Crippen molar-refractivity contribution in [2.75, 3.05) is 0 Å². The van der Waals surface area contributed by atoms with Crippen LogP contribution in [0.3, 0.4) is 0 Å². The number of nitrogens with zero attached hydrogens (tertiary/aromatic N) is 2. The summed E-state index contributed by atoms with van der Waals surface area (Å²) < 4.78 is 0. The van der Waals surface area contributed by atoms with Gasteiger partial charge in [-0.15, -0.1) is 0 Å². The normalized spacial score (nSPS) is 12.8. The van der Waals surface area contributed by atoms with Crippen molar-refractivity contribution >= 4 is 44.5 Å². The van der Waals surface area contributed by atoms with E-state index >= 15 is 0 Å². The summed E-state index contributed by atoms with van der Waals surface area (Å²) in [6, 6.07) is 27.3. The van der Waals surface area contributed by atoms with Gasteiger partial charge in [0.1, 0.15) is 0 Å². The van der Waals surface area contributed by atoms with E-state index in [4.69, 9.17) is 0 Å². The molecule has 2 aliphatic rings. The highest BCUT2D eigenvalue weighted by Gasteiger charge is 2.33. The maximum absolute atomic E-state index is 13.4. The summed E-state index contributed by atoms with van der Waals surface area (Å²) in [5.41, 5.74) is 4.29. The minimum absolute atomic E-state index is 0.157. The molecule has 0 saturated heterocycles. The molecule has 0 fully saturated rings. The van der Waals surface area contributed by atoms with Crippen LogP contribution in [0, 0.1) is 20.2 Å². The van der Waals surface area contributed by atoms with Crippen LogP contribution in [0.15, 0.2) is 97.1 Å². The highest BCUT2D eigenvalue weighted by Crippen LogP contribution is 2.48. The molecule has 0 heterocycles. The first kappa shape index (κ1) is 23.8. The number of nitro benzene ring substituents is 2. The van der Waals surface area contributed by atoms with Crippen LogP contribution in [0.5, 0.6) is 0 Å². The third-order valence-electron chi connectivity index (χ3n) is 8.28. The van der Waals surface area contributed by atoms with Gasteiger partial charge < -0.3 is 0 Å². The Morgan fingerprint density at radius 1 is 0.452 bits per heavy atom. The summed E-state index contributed by atoms with van der Waals surface area (Å²) >= 11 is 0. The minimum atomic E-state index is -0.479. The zero-order valence-corrected chi connectivity index (χ0v) is 21.6.